The van der Waals surface area contributed by atoms with Crippen LogP contribution in [0.25, 0.3) is 0 Å². The second kappa shape index (κ2) is 8.11. The minimum atomic E-state index is -0.470. The zero-order valence-electron chi connectivity index (χ0n) is 12.5. The minimum absolute atomic E-state index is 0.188. The van der Waals surface area contributed by atoms with Gasteiger partial charge in [0.1, 0.15) is 0 Å². The second-order valence-corrected chi connectivity index (χ2v) is 4.31. The van der Waals surface area contributed by atoms with Crippen LogP contribution in [0.4, 0.5) is 4.79 Å². The normalized spacial score (nSPS) is 9.90. The van der Waals surface area contributed by atoms with E-state index in [9.17, 15) is 9.59 Å². The van der Waals surface area contributed by atoms with Gasteiger partial charge in [-0.25, -0.2) is 4.79 Å². The summed E-state index contributed by atoms with van der Waals surface area (Å²) < 4.78 is 10.3. The lowest BCUT2D eigenvalue weighted by molar-refractivity contribution is -0.125. The monoisotopic (exact) mass is 295 g/mol. The molecule has 0 aliphatic heterocycles. The highest BCUT2D eigenvalue weighted by Gasteiger charge is 2.16. The van der Waals surface area contributed by atoms with E-state index in [0.29, 0.717) is 11.5 Å². The molecule has 0 spiro atoms. The van der Waals surface area contributed by atoms with Crippen LogP contribution < -0.4 is 20.5 Å². The van der Waals surface area contributed by atoms with Crippen molar-refractivity contribution in [3.05, 3.63) is 23.8 Å². The van der Waals surface area contributed by atoms with Crippen LogP contribution in [-0.2, 0) is 11.3 Å². The van der Waals surface area contributed by atoms with Crippen molar-refractivity contribution in [2.45, 2.75) is 13.5 Å². The van der Waals surface area contributed by atoms with E-state index in [1.165, 1.54) is 6.92 Å². The van der Waals surface area contributed by atoms with Crippen molar-refractivity contribution in [1.82, 2.24) is 10.2 Å². The Morgan fingerprint density at radius 3 is 2.43 bits per heavy atom. The Morgan fingerprint density at radius 1 is 1.24 bits per heavy atom. The number of rotatable bonds is 6. The van der Waals surface area contributed by atoms with E-state index in [4.69, 9.17) is 15.2 Å². The van der Waals surface area contributed by atoms with Gasteiger partial charge in [-0.1, -0.05) is 6.07 Å². The highest BCUT2D eigenvalue weighted by molar-refractivity contribution is 5.93. The SMILES string of the molecule is COc1ccc(CNC(=O)N(CCN)C(C)=O)cc1OC. The van der Waals surface area contributed by atoms with Crippen molar-refractivity contribution in [1.29, 1.82) is 0 Å². The third-order valence-electron chi connectivity index (χ3n) is 2.87. The molecule has 0 bridgehead atoms. The van der Waals surface area contributed by atoms with Crippen molar-refractivity contribution < 1.29 is 19.1 Å². The smallest absolute Gasteiger partial charge is 0.324 e. The number of nitrogens with one attached hydrogen (secondary N) is 1. The number of methoxy groups -OCH3 is 2. The molecule has 3 amide bonds. The van der Waals surface area contributed by atoms with Gasteiger partial charge in [-0.3, -0.25) is 9.69 Å². The summed E-state index contributed by atoms with van der Waals surface area (Å²) in [6.45, 7) is 2.01. The van der Waals surface area contributed by atoms with Crippen LogP contribution in [-0.4, -0.2) is 44.1 Å². The average molecular weight is 295 g/mol. The van der Waals surface area contributed by atoms with Crippen molar-refractivity contribution in [2.24, 2.45) is 5.73 Å². The number of hydrogen-bond acceptors (Lipinski definition) is 5. The standard InChI is InChI=1S/C14H21N3O4/c1-10(18)17(7-6-15)14(19)16-9-11-4-5-12(20-2)13(8-11)21-3/h4-5,8H,6-7,9,15H2,1-3H3,(H,16,19). The van der Waals surface area contributed by atoms with Gasteiger partial charge in [0.2, 0.25) is 5.91 Å². The summed E-state index contributed by atoms with van der Waals surface area (Å²) >= 11 is 0. The predicted octanol–water partition coefficient (Wildman–Crippen LogP) is 0.721. The molecule has 0 aliphatic rings. The zero-order chi connectivity index (χ0) is 15.8. The molecule has 1 rings (SSSR count). The Labute approximate surface area is 124 Å². The third-order valence-corrected chi connectivity index (χ3v) is 2.87. The van der Waals surface area contributed by atoms with Gasteiger partial charge in [0, 0.05) is 26.6 Å². The summed E-state index contributed by atoms with van der Waals surface area (Å²) in [6, 6.07) is 4.86. The maximum Gasteiger partial charge on any atom is 0.324 e. The van der Waals surface area contributed by atoms with Crippen LogP contribution in [0.5, 0.6) is 11.5 Å². The van der Waals surface area contributed by atoms with Crippen LogP contribution in [0, 0.1) is 0 Å². The van der Waals surface area contributed by atoms with Gasteiger partial charge in [-0.05, 0) is 17.7 Å². The van der Waals surface area contributed by atoms with Crippen molar-refractivity contribution in [3.63, 3.8) is 0 Å². The molecule has 0 heterocycles. The lowest BCUT2D eigenvalue weighted by Crippen LogP contribution is -2.44. The Hall–Kier alpha value is -2.28. The van der Waals surface area contributed by atoms with Gasteiger partial charge in [0.15, 0.2) is 11.5 Å². The van der Waals surface area contributed by atoms with Crippen LogP contribution in [0.1, 0.15) is 12.5 Å². The first kappa shape index (κ1) is 16.8. The molecular weight excluding hydrogens is 274 g/mol. The largest absolute Gasteiger partial charge is 0.493 e. The van der Waals surface area contributed by atoms with Gasteiger partial charge in [0.25, 0.3) is 0 Å². The highest BCUT2D eigenvalue weighted by Crippen LogP contribution is 2.27. The van der Waals surface area contributed by atoms with E-state index in [1.807, 2.05) is 6.07 Å². The fourth-order valence-electron chi connectivity index (χ4n) is 1.79. The van der Waals surface area contributed by atoms with Crippen LogP contribution in [0.3, 0.4) is 0 Å². The first-order valence-corrected chi connectivity index (χ1v) is 6.50. The third kappa shape index (κ3) is 4.64. The van der Waals surface area contributed by atoms with E-state index >= 15 is 0 Å². The molecular formula is C14H21N3O4. The molecule has 0 saturated heterocycles. The quantitative estimate of drug-likeness (QED) is 0.806. The van der Waals surface area contributed by atoms with Crippen molar-refractivity contribution in [3.8, 4) is 11.5 Å². The van der Waals surface area contributed by atoms with E-state index in [0.717, 1.165) is 10.5 Å². The Morgan fingerprint density at radius 2 is 1.90 bits per heavy atom. The molecule has 0 fully saturated rings. The number of carbonyl (C=O) groups excluding carboxylic acids is 2. The number of ether oxygens (including phenoxy) is 2. The number of nitrogens with zero attached hydrogens (tertiary/aromatic N) is 1. The Bertz CT molecular complexity index is 505. The molecule has 7 nitrogen and oxygen atoms in total. The summed E-state index contributed by atoms with van der Waals surface area (Å²) in [7, 11) is 3.09. The minimum Gasteiger partial charge on any atom is -0.493 e. The molecule has 0 radical (unpaired) electrons. The number of nitrogens with two attached hydrogens (primary N) is 1. The van der Waals surface area contributed by atoms with Crippen LogP contribution in [0.15, 0.2) is 18.2 Å². The average Bonchev–Trinajstić information content (AvgIpc) is 2.49. The number of imide groups is 1. The summed E-state index contributed by atoms with van der Waals surface area (Å²) in [4.78, 5) is 24.3. The van der Waals surface area contributed by atoms with Gasteiger partial charge in [-0.2, -0.15) is 0 Å². The van der Waals surface area contributed by atoms with Gasteiger partial charge < -0.3 is 20.5 Å². The maximum atomic E-state index is 11.9. The van der Waals surface area contributed by atoms with E-state index in [2.05, 4.69) is 5.32 Å². The molecule has 3 N–H and O–H groups in total. The molecule has 0 atom stereocenters. The molecule has 7 heteroatoms. The first-order valence-electron chi connectivity index (χ1n) is 6.50. The second-order valence-electron chi connectivity index (χ2n) is 4.31. The Balaban J connectivity index is 2.70. The molecule has 0 saturated carbocycles. The van der Waals surface area contributed by atoms with E-state index < -0.39 is 6.03 Å². The molecule has 0 aromatic heterocycles. The molecule has 0 unspecified atom stereocenters. The lowest BCUT2D eigenvalue weighted by atomic mass is 10.2. The number of benzene rings is 1. The van der Waals surface area contributed by atoms with Gasteiger partial charge in [-0.15, -0.1) is 0 Å². The maximum absolute atomic E-state index is 11.9. The molecule has 1 aromatic carbocycles. The fraction of sp³-hybridized carbons (Fsp3) is 0.429. The van der Waals surface area contributed by atoms with Crippen LogP contribution in [0.2, 0.25) is 0 Å². The number of carbonyl (C=O) groups is 2. The van der Waals surface area contributed by atoms with Gasteiger partial charge in [0.05, 0.1) is 14.2 Å². The molecule has 0 aliphatic carbocycles. The molecule has 116 valence electrons. The van der Waals surface area contributed by atoms with Gasteiger partial charge >= 0.3 is 6.03 Å². The molecule has 1 aromatic rings. The zero-order valence-corrected chi connectivity index (χ0v) is 12.5. The van der Waals surface area contributed by atoms with E-state index in [1.54, 1.807) is 26.4 Å². The fourth-order valence-corrected chi connectivity index (χ4v) is 1.79. The first-order chi connectivity index (χ1) is 10.0. The topological polar surface area (TPSA) is 93.9 Å². The number of amides is 3. The van der Waals surface area contributed by atoms with Crippen LogP contribution >= 0.6 is 0 Å². The van der Waals surface area contributed by atoms with E-state index in [-0.39, 0.29) is 25.5 Å². The lowest BCUT2D eigenvalue weighted by Gasteiger charge is -2.19. The summed E-state index contributed by atoms with van der Waals surface area (Å²) in [5.74, 6) is 0.848. The van der Waals surface area contributed by atoms with Crippen molar-refractivity contribution in [2.75, 3.05) is 27.3 Å². The summed E-state index contributed by atoms with van der Waals surface area (Å²) in [6.07, 6.45) is 0. The predicted molar refractivity (Wildman–Crippen MR) is 78.2 cm³/mol. The van der Waals surface area contributed by atoms with Crippen molar-refractivity contribution >= 4 is 11.9 Å². The Kier molecular flexibility index (Phi) is 6.48. The molecule has 21 heavy (non-hydrogen) atoms. The number of hydrogen-bond donors (Lipinski definition) is 2. The summed E-state index contributed by atoms with van der Waals surface area (Å²) in [5, 5.41) is 2.67. The number of urea groups is 1. The summed E-state index contributed by atoms with van der Waals surface area (Å²) in [5.41, 5.74) is 6.21. The highest BCUT2D eigenvalue weighted by atomic mass is 16.5.